The van der Waals surface area contributed by atoms with Crippen LogP contribution in [0.2, 0.25) is 0 Å². The van der Waals surface area contributed by atoms with Crippen LogP contribution in [0.5, 0.6) is 0 Å². The number of nitrogens with one attached hydrogen (secondary N) is 1. The van der Waals surface area contributed by atoms with Crippen molar-refractivity contribution in [2.75, 3.05) is 13.1 Å². The van der Waals surface area contributed by atoms with Crippen molar-refractivity contribution in [3.63, 3.8) is 0 Å². The Hall–Kier alpha value is -2.15. The van der Waals surface area contributed by atoms with E-state index in [1.54, 1.807) is 0 Å². The smallest absolute Gasteiger partial charge is 0.0998 e. The van der Waals surface area contributed by atoms with Crippen LogP contribution in [0.25, 0.3) is 11.1 Å². The molecule has 3 heteroatoms. The van der Waals surface area contributed by atoms with E-state index in [0.29, 0.717) is 18.3 Å². The summed E-state index contributed by atoms with van der Waals surface area (Å²) >= 11 is 0. The molecule has 22 heavy (non-hydrogen) atoms. The fourth-order valence-corrected chi connectivity index (χ4v) is 2.79. The van der Waals surface area contributed by atoms with Crippen molar-refractivity contribution in [2.24, 2.45) is 0 Å². The van der Waals surface area contributed by atoms with Gasteiger partial charge in [0, 0.05) is 6.54 Å². The van der Waals surface area contributed by atoms with Crippen molar-refractivity contribution in [3.05, 3.63) is 59.7 Å². The Morgan fingerprint density at radius 3 is 2.68 bits per heavy atom. The Kier molecular flexibility index (Phi) is 4.85. The van der Waals surface area contributed by atoms with Crippen LogP contribution in [0.15, 0.2) is 48.5 Å². The number of hydrogen-bond acceptors (Lipinski definition) is 3. The lowest BCUT2D eigenvalue weighted by Crippen LogP contribution is -2.35. The lowest BCUT2D eigenvalue weighted by atomic mass is 9.99. The summed E-state index contributed by atoms with van der Waals surface area (Å²) in [5.41, 5.74) is 3.93. The Morgan fingerprint density at radius 2 is 1.95 bits per heavy atom. The van der Waals surface area contributed by atoms with Crippen molar-refractivity contribution >= 4 is 0 Å². The molecule has 2 aromatic carbocycles. The zero-order chi connectivity index (χ0) is 15.2. The molecule has 0 bridgehead atoms. The molecular weight excluding hydrogens is 272 g/mol. The van der Waals surface area contributed by atoms with Crippen LogP contribution >= 0.6 is 0 Å². The minimum absolute atomic E-state index is 0.327. The van der Waals surface area contributed by atoms with Gasteiger partial charge in [0.25, 0.3) is 0 Å². The van der Waals surface area contributed by atoms with Gasteiger partial charge in [-0.05, 0) is 42.1 Å². The summed E-state index contributed by atoms with van der Waals surface area (Å²) in [6.45, 7) is 2.70. The molecule has 3 rings (SSSR count). The first-order valence-electron chi connectivity index (χ1n) is 7.77. The lowest BCUT2D eigenvalue weighted by Gasteiger charge is -2.23. The molecule has 3 nitrogen and oxygen atoms in total. The van der Waals surface area contributed by atoms with Crippen LogP contribution in [0.1, 0.15) is 24.0 Å². The molecule has 0 saturated carbocycles. The number of piperidine rings is 1. The fraction of sp³-hybridized carbons (Fsp3) is 0.316. The standard InChI is InChI=1S/C19H20N2O/c20-12-17-4-1-2-6-19(17)16-9-7-15(8-10-16)14-22-18-5-3-11-21-13-18/h1-2,4,6-10,18,21H,3,5,11,13-14H2/t18-/m0/s1. The van der Waals surface area contributed by atoms with Gasteiger partial charge >= 0.3 is 0 Å². The molecule has 1 aliphatic heterocycles. The van der Waals surface area contributed by atoms with Gasteiger partial charge in [0.15, 0.2) is 0 Å². The Morgan fingerprint density at radius 1 is 1.14 bits per heavy atom. The Balaban J connectivity index is 1.66. The zero-order valence-corrected chi connectivity index (χ0v) is 12.6. The molecule has 0 radical (unpaired) electrons. The van der Waals surface area contributed by atoms with Crippen LogP contribution in [-0.4, -0.2) is 19.2 Å². The van der Waals surface area contributed by atoms with Crippen LogP contribution < -0.4 is 5.32 Å². The van der Waals surface area contributed by atoms with Gasteiger partial charge in [0.1, 0.15) is 0 Å². The van der Waals surface area contributed by atoms with Gasteiger partial charge in [-0.25, -0.2) is 0 Å². The summed E-state index contributed by atoms with van der Waals surface area (Å²) in [7, 11) is 0. The molecule has 112 valence electrons. The van der Waals surface area contributed by atoms with Crippen molar-refractivity contribution in [2.45, 2.75) is 25.6 Å². The number of ether oxygens (including phenoxy) is 1. The number of nitrogens with zero attached hydrogens (tertiary/aromatic N) is 1. The first-order valence-corrected chi connectivity index (χ1v) is 7.77. The van der Waals surface area contributed by atoms with E-state index in [9.17, 15) is 5.26 Å². The highest BCUT2D eigenvalue weighted by atomic mass is 16.5. The van der Waals surface area contributed by atoms with E-state index in [1.165, 1.54) is 12.0 Å². The van der Waals surface area contributed by atoms with E-state index in [2.05, 4.69) is 35.7 Å². The summed E-state index contributed by atoms with van der Waals surface area (Å²) in [4.78, 5) is 0. The fourth-order valence-electron chi connectivity index (χ4n) is 2.79. The third-order valence-corrected chi connectivity index (χ3v) is 4.05. The summed E-state index contributed by atoms with van der Waals surface area (Å²) in [5, 5.41) is 12.5. The van der Waals surface area contributed by atoms with Crippen molar-refractivity contribution in [1.82, 2.24) is 5.32 Å². The van der Waals surface area contributed by atoms with Crippen LogP contribution in [0.4, 0.5) is 0 Å². The quantitative estimate of drug-likeness (QED) is 0.938. The summed E-state index contributed by atoms with van der Waals surface area (Å²) in [6.07, 6.45) is 2.66. The Labute approximate surface area is 131 Å². The average Bonchev–Trinajstić information content (AvgIpc) is 2.61. The Bertz CT molecular complexity index is 652. The van der Waals surface area contributed by atoms with E-state index < -0.39 is 0 Å². The second-order valence-corrected chi connectivity index (χ2v) is 5.63. The maximum Gasteiger partial charge on any atom is 0.0998 e. The second-order valence-electron chi connectivity index (χ2n) is 5.63. The molecule has 1 atom stereocenters. The lowest BCUT2D eigenvalue weighted by molar-refractivity contribution is 0.0253. The van der Waals surface area contributed by atoms with E-state index >= 15 is 0 Å². The molecule has 0 unspecified atom stereocenters. The summed E-state index contributed by atoms with van der Waals surface area (Å²) in [6, 6.07) is 18.2. The van der Waals surface area contributed by atoms with E-state index in [-0.39, 0.29) is 0 Å². The van der Waals surface area contributed by atoms with E-state index in [1.807, 2.05) is 24.3 Å². The third-order valence-electron chi connectivity index (χ3n) is 4.05. The first kappa shape index (κ1) is 14.8. The molecule has 1 heterocycles. The van der Waals surface area contributed by atoms with Gasteiger partial charge in [0.05, 0.1) is 24.3 Å². The minimum Gasteiger partial charge on any atom is -0.372 e. The molecule has 0 aliphatic carbocycles. The summed E-state index contributed by atoms with van der Waals surface area (Å²) < 4.78 is 5.94. The first-order chi connectivity index (χ1) is 10.9. The van der Waals surface area contributed by atoms with Crippen LogP contribution in [-0.2, 0) is 11.3 Å². The molecule has 1 aliphatic rings. The largest absolute Gasteiger partial charge is 0.372 e. The molecule has 1 fully saturated rings. The van der Waals surface area contributed by atoms with Gasteiger partial charge in [0.2, 0.25) is 0 Å². The highest BCUT2D eigenvalue weighted by Gasteiger charge is 2.13. The van der Waals surface area contributed by atoms with Crippen molar-refractivity contribution in [1.29, 1.82) is 5.26 Å². The van der Waals surface area contributed by atoms with E-state index in [0.717, 1.165) is 30.6 Å². The topological polar surface area (TPSA) is 45.0 Å². The van der Waals surface area contributed by atoms with Crippen molar-refractivity contribution < 1.29 is 4.74 Å². The third kappa shape index (κ3) is 3.54. The number of benzene rings is 2. The van der Waals surface area contributed by atoms with Gasteiger partial charge in [-0.3, -0.25) is 0 Å². The predicted octanol–water partition coefficient (Wildman–Crippen LogP) is 3.49. The SMILES string of the molecule is N#Cc1ccccc1-c1ccc(CO[C@H]2CCCNC2)cc1. The van der Waals surface area contributed by atoms with Gasteiger partial charge in [-0.1, -0.05) is 42.5 Å². The predicted molar refractivity (Wildman–Crippen MR) is 87.3 cm³/mol. The maximum absolute atomic E-state index is 9.19. The molecule has 1 N–H and O–H groups in total. The normalized spacial score (nSPS) is 17.9. The summed E-state index contributed by atoms with van der Waals surface area (Å²) in [5.74, 6) is 0. The van der Waals surface area contributed by atoms with Crippen LogP contribution in [0, 0.1) is 11.3 Å². The van der Waals surface area contributed by atoms with Gasteiger partial charge in [-0.15, -0.1) is 0 Å². The van der Waals surface area contributed by atoms with E-state index in [4.69, 9.17) is 4.74 Å². The maximum atomic E-state index is 9.19. The van der Waals surface area contributed by atoms with Gasteiger partial charge in [-0.2, -0.15) is 5.26 Å². The van der Waals surface area contributed by atoms with Crippen molar-refractivity contribution in [3.8, 4) is 17.2 Å². The molecule has 0 aromatic heterocycles. The molecule has 0 amide bonds. The molecule has 2 aromatic rings. The molecule has 0 spiro atoms. The number of hydrogen-bond donors (Lipinski definition) is 1. The molecular formula is C19H20N2O. The highest BCUT2D eigenvalue weighted by molar-refractivity contribution is 5.70. The monoisotopic (exact) mass is 292 g/mol. The number of rotatable bonds is 4. The number of nitriles is 1. The van der Waals surface area contributed by atoms with Gasteiger partial charge < -0.3 is 10.1 Å². The minimum atomic E-state index is 0.327. The second kappa shape index (κ2) is 7.22. The zero-order valence-electron chi connectivity index (χ0n) is 12.6. The average molecular weight is 292 g/mol. The highest BCUT2D eigenvalue weighted by Crippen LogP contribution is 2.23. The molecule has 1 saturated heterocycles. The van der Waals surface area contributed by atoms with Crippen LogP contribution in [0.3, 0.4) is 0 Å².